The van der Waals surface area contributed by atoms with E-state index >= 15 is 0 Å². The van der Waals surface area contributed by atoms with Crippen molar-refractivity contribution in [1.29, 1.82) is 0 Å². The van der Waals surface area contributed by atoms with E-state index in [0.29, 0.717) is 32.5 Å². The normalized spacial score (nSPS) is 13.2. The third kappa shape index (κ3) is 4.40. The molecule has 0 atom stereocenters. The lowest BCUT2D eigenvalue weighted by Crippen LogP contribution is -2.35. The van der Waals surface area contributed by atoms with Gasteiger partial charge in [0.15, 0.2) is 5.82 Å². The summed E-state index contributed by atoms with van der Waals surface area (Å²) in [6.07, 6.45) is 4.48. The minimum absolute atomic E-state index is 0.129. The lowest BCUT2D eigenvalue weighted by Gasteiger charge is -2.29. The van der Waals surface area contributed by atoms with Gasteiger partial charge in [-0.15, -0.1) is 11.7 Å². The first-order chi connectivity index (χ1) is 14.8. The summed E-state index contributed by atoms with van der Waals surface area (Å²) >= 11 is 0. The number of carbonyl (C=O) groups excluding carboxylic acids is 1. The molecule has 154 valence electrons. The van der Waals surface area contributed by atoms with Gasteiger partial charge in [-0.05, 0) is 41.0 Å². The van der Waals surface area contributed by atoms with E-state index in [4.69, 9.17) is 4.74 Å². The predicted octanol–water partition coefficient (Wildman–Crippen LogP) is 3.20. The molecule has 1 aromatic heterocycles. The minimum Gasteiger partial charge on any atom is -0.493 e. The van der Waals surface area contributed by atoms with E-state index in [9.17, 15) is 4.79 Å². The summed E-state index contributed by atoms with van der Waals surface area (Å²) in [5.74, 6) is 1.82. The van der Waals surface area contributed by atoms with Crippen LogP contribution in [0.15, 0.2) is 61.2 Å². The van der Waals surface area contributed by atoms with E-state index in [-0.39, 0.29) is 5.91 Å². The Bertz CT molecular complexity index is 1020. The van der Waals surface area contributed by atoms with Gasteiger partial charge in [-0.2, -0.15) is 0 Å². The Labute approximate surface area is 176 Å². The minimum atomic E-state index is 0.129. The molecule has 0 fully saturated rings. The maximum Gasteiger partial charge on any atom is 0.227 e. The summed E-state index contributed by atoms with van der Waals surface area (Å²) < 4.78 is 7.91. The summed E-state index contributed by atoms with van der Waals surface area (Å²) in [6.45, 7) is 5.49. The summed E-state index contributed by atoms with van der Waals surface area (Å²) in [5.41, 5.74) is 3.18. The topological polar surface area (TPSA) is 73.1 Å². The molecule has 0 spiro atoms. The van der Waals surface area contributed by atoms with Gasteiger partial charge < -0.3 is 9.64 Å². The number of anilines is 1. The number of amides is 1. The van der Waals surface area contributed by atoms with Crippen molar-refractivity contribution in [3.05, 3.63) is 78.1 Å². The zero-order chi connectivity index (χ0) is 20.8. The fourth-order valence-electron chi connectivity index (χ4n) is 3.72. The highest BCUT2D eigenvalue weighted by molar-refractivity contribution is 5.97. The molecule has 3 aromatic rings. The molecule has 0 saturated heterocycles. The molecule has 0 aliphatic carbocycles. The number of carbonyl (C=O) groups is 1. The molecule has 0 unspecified atom stereocenters. The summed E-state index contributed by atoms with van der Waals surface area (Å²) in [7, 11) is 0. The Morgan fingerprint density at radius 3 is 2.80 bits per heavy atom. The highest BCUT2D eigenvalue weighted by Gasteiger charge is 2.25. The molecule has 1 aliphatic rings. The lowest BCUT2D eigenvalue weighted by atomic mass is 10.00. The molecule has 1 aliphatic heterocycles. The molecule has 30 heavy (non-hydrogen) atoms. The highest BCUT2D eigenvalue weighted by Crippen LogP contribution is 2.34. The van der Waals surface area contributed by atoms with Crippen LogP contribution < -0.4 is 9.64 Å². The van der Waals surface area contributed by atoms with Gasteiger partial charge in [0, 0.05) is 24.9 Å². The summed E-state index contributed by atoms with van der Waals surface area (Å²) in [4.78, 5) is 14.0. The fraction of sp³-hybridized carbons (Fsp3) is 0.304. The fourth-order valence-corrected chi connectivity index (χ4v) is 3.72. The van der Waals surface area contributed by atoms with Gasteiger partial charge in [-0.1, -0.05) is 42.5 Å². The quantitative estimate of drug-likeness (QED) is 0.405. The number of aromatic nitrogens is 4. The summed E-state index contributed by atoms with van der Waals surface area (Å²) in [6, 6.07) is 16.0. The standard InChI is InChI=1S/C23H25N5O2/c1-2-15-27-20-10-6-11-21(19(20)13-14-23(27)29)30-16-7-12-22-24-25-26-28(22)17-18-8-4-3-5-9-18/h2-6,8-11H,1,7,12-17H2. The number of rotatable bonds is 9. The summed E-state index contributed by atoms with van der Waals surface area (Å²) in [5, 5.41) is 12.1. The van der Waals surface area contributed by atoms with Crippen LogP contribution in [0.4, 0.5) is 5.69 Å². The second-order valence-electron chi connectivity index (χ2n) is 7.24. The van der Waals surface area contributed by atoms with E-state index < -0.39 is 0 Å². The number of nitrogens with zero attached hydrogens (tertiary/aromatic N) is 5. The Morgan fingerprint density at radius 2 is 1.97 bits per heavy atom. The Morgan fingerprint density at radius 1 is 1.10 bits per heavy atom. The smallest absolute Gasteiger partial charge is 0.227 e. The number of hydrogen-bond acceptors (Lipinski definition) is 5. The molecule has 1 amide bonds. The molecule has 2 heterocycles. The molecule has 0 bridgehead atoms. The number of aryl methyl sites for hydroxylation is 1. The van der Waals surface area contributed by atoms with Crippen LogP contribution in [0.2, 0.25) is 0 Å². The zero-order valence-corrected chi connectivity index (χ0v) is 16.9. The van der Waals surface area contributed by atoms with Crippen LogP contribution in [-0.2, 0) is 24.2 Å². The van der Waals surface area contributed by atoms with Crippen molar-refractivity contribution >= 4 is 11.6 Å². The van der Waals surface area contributed by atoms with Crippen LogP contribution in [0.5, 0.6) is 5.75 Å². The van der Waals surface area contributed by atoms with E-state index in [0.717, 1.165) is 41.2 Å². The molecule has 0 saturated carbocycles. The molecule has 2 aromatic carbocycles. The van der Waals surface area contributed by atoms with E-state index in [2.05, 4.69) is 34.2 Å². The molecule has 7 heteroatoms. The van der Waals surface area contributed by atoms with Crippen LogP contribution in [0, 0.1) is 0 Å². The second kappa shape index (κ2) is 9.35. The third-order valence-electron chi connectivity index (χ3n) is 5.18. The van der Waals surface area contributed by atoms with Gasteiger partial charge in [0.1, 0.15) is 5.75 Å². The van der Waals surface area contributed by atoms with Crippen molar-refractivity contribution < 1.29 is 9.53 Å². The van der Waals surface area contributed by atoms with Gasteiger partial charge in [0.25, 0.3) is 0 Å². The van der Waals surface area contributed by atoms with Crippen molar-refractivity contribution in [2.24, 2.45) is 0 Å². The van der Waals surface area contributed by atoms with Crippen LogP contribution in [0.1, 0.15) is 29.8 Å². The number of tetrazole rings is 1. The SMILES string of the molecule is C=CCN1C(=O)CCc2c(OCCCc3nnnn3Cc3ccccc3)cccc21. The number of hydrogen-bond donors (Lipinski definition) is 0. The molecule has 0 radical (unpaired) electrons. The van der Waals surface area contributed by atoms with E-state index in [1.54, 1.807) is 11.0 Å². The Kier molecular flexibility index (Phi) is 6.17. The van der Waals surface area contributed by atoms with Crippen LogP contribution >= 0.6 is 0 Å². The van der Waals surface area contributed by atoms with Crippen molar-refractivity contribution in [1.82, 2.24) is 20.2 Å². The largest absolute Gasteiger partial charge is 0.493 e. The zero-order valence-electron chi connectivity index (χ0n) is 16.9. The number of fused-ring (bicyclic) bond motifs is 1. The molecule has 7 nitrogen and oxygen atoms in total. The van der Waals surface area contributed by atoms with Crippen molar-refractivity contribution in [2.45, 2.75) is 32.2 Å². The Balaban J connectivity index is 1.36. The molecular weight excluding hydrogens is 378 g/mol. The van der Waals surface area contributed by atoms with Crippen molar-refractivity contribution in [2.75, 3.05) is 18.1 Å². The van der Waals surface area contributed by atoms with Gasteiger partial charge in [0.2, 0.25) is 5.91 Å². The first-order valence-electron chi connectivity index (χ1n) is 10.2. The van der Waals surface area contributed by atoms with Crippen molar-refractivity contribution in [3.63, 3.8) is 0 Å². The molecule has 0 N–H and O–H groups in total. The van der Waals surface area contributed by atoms with Crippen LogP contribution in [0.25, 0.3) is 0 Å². The predicted molar refractivity (Wildman–Crippen MR) is 114 cm³/mol. The number of benzene rings is 2. The maximum atomic E-state index is 12.2. The molecular formula is C23H25N5O2. The van der Waals surface area contributed by atoms with Gasteiger partial charge in [-0.25, -0.2) is 4.68 Å². The van der Waals surface area contributed by atoms with Crippen LogP contribution in [0.3, 0.4) is 0 Å². The third-order valence-corrected chi connectivity index (χ3v) is 5.18. The number of ether oxygens (including phenoxy) is 1. The second-order valence-corrected chi connectivity index (χ2v) is 7.24. The van der Waals surface area contributed by atoms with Crippen LogP contribution in [-0.4, -0.2) is 39.3 Å². The van der Waals surface area contributed by atoms with E-state index in [1.807, 2.05) is 41.1 Å². The average molecular weight is 403 g/mol. The van der Waals surface area contributed by atoms with Gasteiger partial charge in [0.05, 0.1) is 18.8 Å². The molecule has 4 rings (SSSR count). The Hall–Kier alpha value is -3.48. The highest BCUT2D eigenvalue weighted by atomic mass is 16.5. The lowest BCUT2D eigenvalue weighted by molar-refractivity contribution is -0.118. The van der Waals surface area contributed by atoms with E-state index in [1.165, 1.54) is 0 Å². The first-order valence-corrected chi connectivity index (χ1v) is 10.2. The van der Waals surface area contributed by atoms with Gasteiger partial charge >= 0.3 is 0 Å². The monoisotopic (exact) mass is 403 g/mol. The average Bonchev–Trinajstić information content (AvgIpc) is 3.21. The van der Waals surface area contributed by atoms with Gasteiger partial charge in [-0.3, -0.25) is 4.79 Å². The first kappa shape index (κ1) is 19.8. The maximum absolute atomic E-state index is 12.2. The van der Waals surface area contributed by atoms with Crippen molar-refractivity contribution in [3.8, 4) is 5.75 Å².